The largest absolute Gasteiger partial charge is 0.473 e. The molecule has 1 aliphatic heterocycles. The average Bonchev–Trinajstić information content (AvgIpc) is 2.61. The molecule has 6 heteroatoms. The van der Waals surface area contributed by atoms with Crippen LogP contribution in [-0.2, 0) is 12.2 Å². The van der Waals surface area contributed by atoms with Crippen LogP contribution in [0, 0.1) is 17.1 Å². The molecular formula is C18H18FN3O2. The summed E-state index contributed by atoms with van der Waals surface area (Å²) in [5.74, 6) is -0.148. The van der Waals surface area contributed by atoms with Crippen molar-refractivity contribution in [2.45, 2.75) is 25.0 Å². The number of ether oxygens (including phenoxy) is 1. The summed E-state index contributed by atoms with van der Waals surface area (Å²) >= 11 is 0. The van der Waals surface area contributed by atoms with Gasteiger partial charge in [0.2, 0.25) is 5.88 Å². The van der Waals surface area contributed by atoms with Gasteiger partial charge in [0.1, 0.15) is 18.0 Å². The second kappa shape index (κ2) is 6.95. The first-order valence-electron chi connectivity index (χ1n) is 7.83. The van der Waals surface area contributed by atoms with E-state index in [-0.39, 0.29) is 12.2 Å². The van der Waals surface area contributed by atoms with Crippen LogP contribution in [0.5, 0.6) is 5.88 Å². The average molecular weight is 327 g/mol. The van der Waals surface area contributed by atoms with Crippen LogP contribution < -0.4 is 10.1 Å². The van der Waals surface area contributed by atoms with E-state index in [1.54, 1.807) is 24.3 Å². The molecule has 0 bridgehead atoms. The maximum absolute atomic E-state index is 13.9. The summed E-state index contributed by atoms with van der Waals surface area (Å²) in [5.41, 5.74) is 0.234. The van der Waals surface area contributed by atoms with Gasteiger partial charge in [-0.3, -0.25) is 0 Å². The van der Waals surface area contributed by atoms with Gasteiger partial charge in [0.05, 0.1) is 17.3 Å². The molecule has 0 radical (unpaired) electrons. The Kier molecular flexibility index (Phi) is 4.74. The number of benzene rings is 1. The third-order valence-corrected chi connectivity index (χ3v) is 4.19. The summed E-state index contributed by atoms with van der Waals surface area (Å²) in [5, 5.41) is 22.7. The summed E-state index contributed by atoms with van der Waals surface area (Å²) in [6.45, 7) is 1.48. The lowest BCUT2D eigenvalue weighted by molar-refractivity contribution is 0.00130. The number of rotatable bonds is 4. The van der Waals surface area contributed by atoms with E-state index in [0.717, 1.165) is 13.1 Å². The van der Waals surface area contributed by atoms with Crippen molar-refractivity contribution in [3.63, 3.8) is 0 Å². The van der Waals surface area contributed by atoms with Crippen LogP contribution in [0.4, 0.5) is 4.39 Å². The number of piperidine rings is 1. The number of nitrogens with one attached hydrogen (secondary N) is 1. The highest BCUT2D eigenvalue weighted by atomic mass is 19.1. The second-order valence-electron chi connectivity index (χ2n) is 5.85. The lowest BCUT2D eigenvalue weighted by atomic mass is 9.89. The fourth-order valence-corrected chi connectivity index (χ4v) is 2.74. The van der Waals surface area contributed by atoms with Gasteiger partial charge in [-0.2, -0.15) is 5.26 Å². The summed E-state index contributed by atoms with van der Waals surface area (Å²) in [4.78, 5) is 4.37. The van der Waals surface area contributed by atoms with Gasteiger partial charge < -0.3 is 15.2 Å². The van der Waals surface area contributed by atoms with Crippen molar-refractivity contribution in [2.75, 3.05) is 13.1 Å². The zero-order valence-corrected chi connectivity index (χ0v) is 13.1. The molecule has 2 N–H and O–H groups in total. The minimum absolute atomic E-state index is 0.00792. The molecule has 1 aromatic carbocycles. The standard InChI is InChI=1S/C18H18FN3O2/c19-15-10-13(11-20)4-5-14(15)12-24-17-3-1-2-16(22-17)18(23)6-8-21-9-7-18/h1-5,10,21,23H,6-9,12H2. The Balaban J connectivity index is 1.72. The van der Waals surface area contributed by atoms with Crippen molar-refractivity contribution >= 4 is 0 Å². The highest BCUT2D eigenvalue weighted by Crippen LogP contribution is 2.30. The van der Waals surface area contributed by atoms with E-state index in [9.17, 15) is 9.50 Å². The molecule has 0 unspecified atom stereocenters. The Hall–Kier alpha value is -2.49. The summed E-state index contributed by atoms with van der Waals surface area (Å²) in [6.07, 6.45) is 1.18. The highest BCUT2D eigenvalue weighted by molar-refractivity contribution is 5.33. The van der Waals surface area contributed by atoms with E-state index in [0.29, 0.717) is 30.0 Å². The van der Waals surface area contributed by atoms with Gasteiger partial charge in [-0.05, 0) is 44.1 Å². The van der Waals surface area contributed by atoms with Crippen molar-refractivity contribution in [1.29, 1.82) is 5.26 Å². The maximum Gasteiger partial charge on any atom is 0.213 e. The van der Waals surface area contributed by atoms with Gasteiger partial charge in [-0.1, -0.05) is 12.1 Å². The van der Waals surface area contributed by atoms with Gasteiger partial charge in [0.15, 0.2) is 0 Å². The van der Waals surface area contributed by atoms with Crippen LogP contribution >= 0.6 is 0 Å². The van der Waals surface area contributed by atoms with Gasteiger partial charge in [-0.15, -0.1) is 0 Å². The number of halogens is 1. The number of nitriles is 1. The lowest BCUT2D eigenvalue weighted by Crippen LogP contribution is -2.40. The van der Waals surface area contributed by atoms with Crippen molar-refractivity contribution < 1.29 is 14.2 Å². The summed E-state index contributed by atoms with van der Waals surface area (Å²) in [6, 6.07) is 11.4. The van der Waals surface area contributed by atoms with E-state index in [2.05, 4.69) is 10.3 Å². The molecule has 0 spiro atoms. The van der Waals surface area contributed by atoms with Gasteiger partial charge in [0, 0.05) is 11.6 Å². The van der Waals surface area contributed by atoms with E-state index >= 15 is 0 Å². The lowest BCUT2D eigenvalue weighted by Gasteiger charge is -2.32. The van der Waals surface area contributed by atoms with E-state index in [4.69, 9.17) is 10.00 Å². The number of pyridine rings is 1. The van der Waals surface area contributed by atoms with Crippen LogP contribution in [0.3, 0.4) is 0 Å². The fourth-order valence-electron chi connectivity index (χ4n) is 2.74. The van der Waals surface area contributed by atoms with Crippen LogP contribution in [0.1, 0.15) is 29.7 Å². The van der Waals surface area contributed by atoms with Crippen molar-refractivity contribution in [2.24, 2.45) is 0 Å². The predicted molar refractivity (Wildman–Crippen MR) is 85.7 cm³/mol. The number of nitrogens with zero attached hydrogens (tertiary/aromatic N) is 2. The normalized spacial score (nSPS) is 16.4. The topological polar surface area (TPSA) is 78.2 Å². The van der Waals surface area contributed by atoms with Crippen LogP contribution in [0.15, 0.2) is 36.4 Å². The highest BCUT2D eigenvalue weighted by Gasteiger charge is 2.32. The van der Waals surface area contributed by atoms with Crippen molar-refractivity contribution in [3.05, 3.63) is 59.0 Å². The molecule has 2 heterocycles. The quantitative estimate of drug-likeness (QED) is 0.900. The third kappa shape index (κ3) is 3.53. The maximum atomic E-state index is 13.9. The van der Waals surface area contributed by atoms with Crippen molar-refractivity contribution in [3.8, 4) is 11.9 Å². The van der Waals surface area contributed by atoms with Crippen molar-refractivity contribution in [1.82, 2.24) is 10.3 Å². The molecule has 1 aliphatic rings. The summed E-state index contributed by atoms with van der Waals surface area (Å²) in [7, 11) is 0. The van der Waals surface area contributed by atoms with Gasteiger partial charge >= 0.3 is 0 Å². The molecule has 3 rings (SSSR count). The number of aliphatic hydroxyl groups is 1. The molecule has 5 nitrogen and oxygen atoms in total. The van der Waals surface area contributed by atoms with Gasteiger partial charge in [0.25, 0.3) is 0 Å². The molecule has 124 valence electrons. The third-order valence-electron chi connectivity index (χ3n) is 4.19. The molecule has 24 heavy (non-hydrogen) atoms. The predicted octanol–water partition coefficient (Wildman–Crippen LogP) is 2.24. The summed E-state index contributed by atoms with van der Waals surface area (Å²) < 4.78 is 19.4. The van der Waals surface area contributed by atoms with Crippen LogP contribution in [0.2, 0.25) is 0 Å². The molecule has 2 aromatic rings. The monoisotopic (exact) mass is 327 g/mol. The molecule has 1 aromatic heterocycles. The number of hydrogen-bond donors (Lipinski definition) is 2. The van der Waals surface area contributed by atoms with Gasteiger partial charge in [-0.25, -0.2) is 9.37 Å². The zero-order valence-electron chi connectivity index (χ0n) is 13.1. The van der Waals surface area contributed by atoms with Crippen LogP contribution in [-0.4, -0.2) is 23.2 Å². The minimum atomic E-state index is -0.954. The molecular weight excluding hydrogens is 309 g/mol. The Morgan fingerprint density at radius 3 is 2.79 bits per heavy atom. The SMILES string of the molecule is N#Cc1ccc(COc2cccc(C3(O)CCNCC3)n2)c(F)c1. The minimum Gasteiger partial charge on any atom is -0.473 e. The first-order valence-corrected chi connectivity index (χ1v) is 7.83. The molecule has 1 fully saturated rings. The smallest absolute Gasteiger partial charge is 0.213 e. The van der Waals surface area contributed by atoms with E-state index < -0.39 is 11.4 Å². The van der Waals surface area contributed by atoms with E-state index in [1.807, 2.05) is 6.07 Å². The molecule has 0 aliphatic carbocycles. The molecule has 0 saturated carbocycles. The molecule has 1 saturated heterocycles. The fraction of sp³-hybridized carbons (Fsp3) is 0.333. The second-order valence-corrected chi connectivity index (χ2v) is 5.85. The zero-order chi connectivity index (χ0) is 17.0. The first kappa shape index (κ1) is 16.4. The molecule has 0 amide bonds. The van der Waals surface area contributed by atoms with Crippen LogP contribution in [0.25, 0.3) is 0 Å². The Bertz CT molecular complexity index is 767. The number of hydrogen-bond acceptors (Lipinski definition) is 5. The Morgan fingerprint density at radius 2 is 2.08 bits per heavy atom. The Morgan fingerprint density at radius 1 is 1.29 bits per heavy atom. The van der Waals surface area contributed by atoms with E-state index in [1.165, 1.54) is 12.1 Å². The Labute approximate surface area is 139 Å². The molecule has 0 atom stereocenters. The first-order chi connectivity index (χ1) is 11.6. The number of aromatic nitrogens is 1.